The first kappa shape index (κ1) is 15.5. The highest BCUT2D eigenvalue weighted by Gasteiger charge is 2.15. The second-order valence-electron chi connectivity index (χ2n) is 4.76. The number of hydrogen-bond acceptors (Lipinski definition) is 1. The van der Waals surface area contributed by atoms with Gasteiger partial charge in [0.25, 0.3) is 0 Å². The van der Waals surface area contributed by atoms with E-state index in [2.05, 4.69) is 21.2 Å². The number of benzene rings is 2. The standard InChI is InChI=1S/C16H16BrClFN/c1-10-8-12(18)6-7-13(10)15(20-2)9-11-4-3-5-14(19)16(11)17/h3-8,15,20H,9H2,1-2H3. The summed E-state index contributed by atoms with van der Waals surface area (Å²) in [4.78, 5) is 0. The smallest absolute Gasteiger partial charge is 0.137 e. The maximum absolute atomic E-state index is 13.6. The topological polar surface area (TPSA) is 12.0 Å². The normalized spacial score (nSPS) is 12.4. The van der Waals surface area contributed by atoms with Gasteiger partial charge in [-0.1, -0.05) is 29.8 Å². The molecule has 0 amide bonds. The van der Waals surface area contributed by atoms with Crippen LogP contribution in [-0.4, -0.2) is 7.05 Å². The van der Waals surface area contributed by atoms with Crippen LogP contribution in [-0.2, 0) is 6.42 Å². The van der Waals surface area contributed by atoms with Crippen LogP contribution < -0.4 is 5.32 Å². The third kappa shape index (κ3) is 3.40. The van der Waals surface area contributed by atoms with Gasteiger partial charge < -0.3 is 5.32 Å². The SMILES string of the molecule is CNC(Cc1cccc(F)c1Br)c1ccc(Cl)cc1C. The predicted octanol–water partition coefficient (Wildman–Crippen LogP) is 5.05. The Bertz CT molecular complexity index is 615. The zero-order valence-electron chi connectivity index (χ0n) is 11.4. The van der Waals surface area contributed by atoms with Crippen LogP contribution in [0.4, 0.5) is 4.39 Å². The highest BCUT2D eigenvalue weighted by Crippen LogP contribution is 2.28. The summed E-state index contributed by atoms with van der Waals surface area (Å²) in [6, 6.07) is 11.1. The first-order valence-corrected chi connectivity index (χ1v) is 7.56. The number of rotatable bonds is 4. The molecular formula is C16H16BrClFN. The summed E-state index contributed by atoms with van der Waals surface area (Å²) in [6.07, 6.45) is 0.706. The second-order valence-corrected chi connectivity index (χ2v) is 5.99. The summed E-state index contributed by atoms with van der Waals surface area (Å²) in [5.41, 5.74) is 3.25. The van der Waals surface area contributed by atoms with Crippen molar-refractivity contribution in [3.05, 3.63) is 68.4 Å². The van der Waals surface area contributed by atoms with Crippen LogP contribution in [0.2, 0.25) is 5.02 Å². The number of nitrogens with one attached hydrogen (secondary N) is 1. The molecule has 4 heteroatoms. The van der Waals surface area contributed by atoms with Crippen LogP contribution in [0.3, 0.4) is 0 Å². The van der Waals surface area contributed by atoms with Crippen LogP contribution >= 0.6 is 27.5 Å². The van der Waals surface area contributed by atoms with Gasteiger partial charge in [0.2, 0.25) is 0 Å². The molecule has 2 aromatic carbocycles. The quantitative estimate of drug-likeness (QED) is 0.808. The molecule has 0 aliphatic carbocycles. The largest absolute Gasteiger partial charge is 0.313 e. The maximum Gasteiger partial charge on any atom is 0.137 e. The molecular weight excluding hydrogens is 341 g/mol. The molecule has 0 heterocycles. The number of likely N-dealkylation sites (N-methyl/N-ethyl adjacent to an activating group) is 1. The highest BCUT2D eigenvalue weighted by molar-refractivity contribution is 9.10. The molecule has 0 aliphatic rings. The Morgan fingerprint density at radius 1 is 1.30 bits per heavy atom. The van der Waals surface area contributed by atoms with Crippen molar-refractivity contribution in [2.45, 2.75) is 19.4 Å². The first-order chi connectivity index (χ1) is 9.52. The number of halogens is 3. The Kier molecular flexibility index (Phi) is 5.19. The molecule has 2 aromatic rings. The van der Waals surface area contributed by atoms with Gasteiger partial charge in [0, 0.05) is 11.1 Å². The minimum atomic E-state index is -0.231. The molecule has 1 atom stereocenters. The van der Waals surface area contributed by atoms with Gasteiger partial charge in [-0.15, -0.1) is 0 Å². The van der Waals surface area contributed by atoms with Crippen LogP contribution in [0.25, 0.3) is 0 Å². The van der Waals surface area contributed by atoms with E-state index in [1.54, 1.807) is 6.07 Å². The number of hydrogen-bond donors (Lipinski definition) is 1. The Morgan fingerprint density at radius 3 is 2.70 bits per heavy atom. The van der Waals surface area contributed by atoms with Crippen molar-refractivity contribution in [2.24, 2.45) is 0 Å². The monoisotopic (exact) mass is 355 g/mol. The fourth-order valence-corrected chi connectivity index (χ4v) is 2.98. The Hall–Kier alpha value is -0.900. The summed E-state index contributed by atoms with van der Waals surface area (Å²) in [5.74, 6) is -0.231. The fourth-order valence-electron chi connectivity index (χ4n) is 2.32. The molecule has 0 spiro atoms. The molecule has 0 radical (unpaired) electrons. The average molecular weight is 357 g/mol. The van der Waals surface area contributed by atoms with Crippen molar-refractivity contribution in [1.82, 2.24) is 5.32 Å². The van der Waals surface area contributed by atoms with Gasteiger partial charge in [0.05, 0.1) is 4.47 Å². The lowest BCUT2D eigenvalue weighted by Gasteiger charge is -2.20. The van der Waals surface area contributed by atoms with Crippen LogP contribution in [0.5, 0.6) is 0 Å². The van der Waals surface area contributed by atoms with E-state index in [-0.39, 0.29) is 11.9 Å². The molecule has 0 fully saturated rings. The lowest BCUT2D eigenvalue weighted by Crippen LogP contribution is -2.20. The van der Waals surface area contributed by atoms with Crippen molar-refractivity contribution in [2.75, 3.05) is 7.05 Å². The van der Waals surface area contributed by atoms with Gasteiger partial charge >= 0.3 is 0 Å². The second kappa shape index (κ2) is 6.70. The van der Waals surface area contributed by atoms with Gasteiger partial charge in [-0.3, -0.25) is 0 Å². The molecule has 1 unspecified atom stereocenters. The summed E-state index contributed by atoms with van der Waals surface area (Å²) < 4.78 is 14.1. The zero-order chi connectivity index (χ0) is 14.7. The van der Waals surface area contributed by atoms with Crippen molar-refractivity contribution in [1.29, 1.82) is 0 Å². The van der Waals surface area contributed by atoms with Crippen molar-refractivity contribution in [3.63, 3.8) is 0 Å². The summed E-state index contributed by atoms with van der Waals surface area (Å²) >= 11 is 9.31. The molecule has 2 rings (SSSR count). The van der Waals surface area contributed by atoms with E-state index < -0.39 is 0 Å². The highest BCUT2D eigenvalue weighted by atomic mass is 79.9. The van der Waals surface area contributed by atoms with E-state index in [4.69, 9.17) is 11.6 Å². The first-order valence-electron chi connectivity index (χ1n) is 6.39. The summed E-state index contributed by atoms with van der Waals surface area (Å²) in [6.45, 7) is 2.03. The third-order valence-electron chi connectivity index (χ3n) is 3.41. The molecule has 0 bridgehead atoms. The van der Waals surface area contributed by atoms with Gasteiger partial charge in [-0.05, 0) is 71.2 Å². The van der Waals surface area contributed by atoms with Crippen molar-refractivity contribution in [3.8, 4) is 0 Å². The molecule has 1 nitrogen and oxygen atoms in total. The predicted molar refractivity (Wildman–Crippen MR) is 85.8 cm³/mol. The molecule has 106 valence electrons. The Balaban J connectivity index is 2.31. The Morgan fingerprint density at radius 2 is 2.05 bits per heavy atom. The summed E-state index contributed by atoms with van der Waals surface area (Å²) in [7, 11) is 1.91. The molecule has 0 saturated carbocycles. The van der Waals surface area contributed by atoms with Crippen molar-refractivity contribution >= 4 is 27.5 Å². The van der Waals surface area contributed by atoms with Crippen LogP contribution in [0.1, 0.15) is 22.7 Å². The van der Waals surface area contributed by atoms with Gasteiger partial charge in [-0.2, -0.15) is 0 Å². The minimum Gasteiger partial charge on any atom is -0.313 e. The Labute approximate surface area is 132 Å². The van der Waals surface area contributed by atoms with Gasteiger partial charge in [0.15, 0.2) is 0 Å². The van der Waals surface area contributed by atoms with E-state index in [0.717, 1.165) is 16.1 Å². The molecule has 0 aromatic heterocycles. The van der Waals surface area contributed by atoms with Crippen LogP contribution in [0.15, 0.2) is 40.9 Å². The van der Waals surface area contributed by atoms with E-state index >= 15 is 0 Å². The lowest BCUT2D eigenvalue weighted by molar-refractivity contribution is 0.578. The molecule has 0 aliphatic heterocycles. The van der Waals surface area contributed by atoms with Crippen molar-refractivity contribution < 1.29 is 4.39 Å². The van der Waals surface area contributed by atoms with E-state index in [1.807, 2.05) is 38.2 Å². The fraction of sp³-hybridized carbons (Fsp3) is 0.250. The third-order valence-corrected chi connectivity index (χ3v) is 4.53. The minimum absolute atomic E-state index is 0.116. The average Bonchev–Trinajstić information content (AvgIpc) is 2.41. The van der Waals surface area contributed by atoms with E-state index in [9.17, 15) is 4.39 Å². The molecule has 1 N–H and O–H groups in total. The van der Waals surface area contributed by atoms with E-state index in [0.29, 0.717) is 10.9 Å². The maximum atomic E-state index is 13.6. The van der Waals surface area contributed by atoms with E-state index in [1.165, 1.54) is 11.6 Å². The van der Waals surface area contributed by atoms with Gasteiger partial charge in [0.1, 0.15) is 5.82 Å². The zero-order valence-corrected chi connectivity index (χ0v) is 13.7. The van der Waals surface area contributed by atoms with Crippen LogP contribution in [0, 0.1) is 12.7 Å². The number of aryl methyl sites for hydroxylation is 1. The van der Waals surface area contributed by atoms with Gasteiger partial charge in [-0.25, -0.2) is 4.39 Å². The summed E-state index contributed by atoms with van der Waals surface area (Å²) in [5, 5.41) is 4.02. The lowest BCUT2D eigenvalue weighted by atomic mass is 9.95. The molecule has 0 saturated heterocycles. The molecule has 20 heavy (non-hydrogen) atoms.